The number of halogens is 2. The van der Waals surface area contributed by atoms with Crippen LogP contribution in [-0.2, 0) is 11.3 Å². The number of nitrogens with one attached hydrogen (secondary N) is 1. The topological polar surface area (TPSA) is 41.6 Å². The average Bonchev–Trinajstić information content (AvgIpc) is 3.21. The van der Waals surface area contributed by atoms with E-state index < -0.39 is 0 Å². The van der Waals surface area contributed by atoms with Crippen molar-refractivity contribution >= 4 is 22.0 Å². The molecule has 3 rings (SSSR count). The summed E-state index contributed by atoms with van der Waals surface area (Å²) in [6.45, 7) is 2.46. The molecule has 2 fully saturated rings. The van der Waals surface area contributed by atoms with Crippen molar-refractivity contribution in [1.82, 2.24) is 10.2 Å². The van der Waals surface area contributed by atoms with Crippen LogP contribution in [0.3, 0.4) is 0 Å². The van der Waals surface area contributed by atoms with Crippen molar-refractivity contribution in [3.05, 3.63) is 34.1 Å². The summed E-state index contributed by atoms with van der Waals surface area (Å²) in [5, 5.41) is 2.85. The van der Waals surface area contributed by atoms with Gasteiger partial charge in [0.25, 0.3) is 0 Å². The second-order valence-corrected chi connectivity index (χ2v) is 6.92. The molecule has 1 unspecified atom stereocenters. The molecule has 120 valence electrons. The number of nitrogens with zero attached hydrogens (tertiary/aromatic N) is 1. The number of ether oxygens (including phenoxy) is 1. The number of carbonyl (C=O) groups is 1. The fourth-order valence-corrected chi connectivity index (χ4v) is 3.15. The SMILES string of the molecule is O=C(NCc1cc(Br)ccc1F)N(CC1CCOC1)C1CC1. The minimum Gasteiger partial charge on any atom is -0.381 e. The lowest BCUT2D eigenvalue weighted by molar-refractivity contribution is 0.162. The zero-order valence-corrected chi connectivity index (χ0v) is 13.9. The predicted octanol–water partition coefficient (Wildman–Crippen LogP) is 3.30. The minimum atomic E-state index is -0.300. The molecule has 1 aromatic rings. The van der Waals surface area contributed by atoms with Crippen LogP contribution in [-0.4, -0.2) is 36.7 Å². The van der Waals surface area contributed by atoms with Crippen LogP contribution in [0.1, 0.15) is 24.8 Å². The molecule has 0 spiro atoms. The van der Waals surface area contributed by atoms with Gasteiger partial charge in [0.1, 0.15) is 5.82 Å². The Labute approximate surface area is 138 Å². The lowest BCUT2D eigenvalue weighted by Gasteiger charge is -2.25. The second-order valence-electron chi connectivity index (χ2n) is 6.01. The van der Waals surface area contributed by atoms with Gasteiger partial charge in [-0.15, -0.1) is 0 Å². The highest BCUT2D eigenvalue weighted by atomic mass is 79.9. The maximum absolute atomic E-state index is 13.7. The van der Waals surface area contributed by atoms with Crippen LogP contribution >= 0.6 is 15.9 Å². The van der Waals surface area contributed by atoms with Crippen molar-refractivity contribution in [3.63, 3.8) is 0 Å². The van der Waals surface area contributed by atoms with E-state index >= 15 is 0 Å². The summed E-state index contributed by atoms with van der Waals surface area (Å²) in [7, 11) is 0. The predicted molar refractivity (Wildman–Crippen MR) is 85.0 cm³/mol. The van der Waals surface area contributed by atoms with Crippen molar-refractivity contribution in [2.24, 2.45) is 5.92 Å². The molecule has 0 bridgehead atoms. The summed E-state index contributed by atoms with van der Waals surface area (Å²) in [5.41, 5.74) is 0.489. The standard InChI is InChI=1S/C16H20BrFN2O2/c17-13-1-4-15(18)12(7-13)8-19-16(21)20(14-2-3-14)9-11-5-6-22-10-11/h1,4,7,11,14H,2-3,5-6,8-10H2,(H,19,21). The van der Waals surface area contributed by atoms with Crippen LogP contribution in [0.5, 0.6) is 0 Å². The maximum Gasteiger partial charge on any atom is 0.317 e. The third kappa shape index (κ3) is 3.98. The zero-order chi connectivity index (χ0) is 15.5. The molecule has 1 aliphatic heterocycles. The van der Waals surface area contributed by atoms with E-state index in [9.17, 15) is 9.18 Å². The van der Waals surface area contributed by atoms with Gasteiger partial charge in [-0.05, 0) is 37.5 Å². The van der Waals surface area contributed by atoms with Gasteiger partial charge in [-0.2, -0.15) is 0 Å². The Morgan fingerprint density at radius 2 is 2.23 bits per heavy atom. The molecule has 22 heavy (non-hydrogen) atoms. The number of hydrogen-bond donors (Lipinski definition) is 1. The molecule has 1 aliphatic carbocycles. The maximum atomic E-state index is 13.7. The summed E-state index contributed by atoms with van der Waals surface area (Å²) < 4.78 is 19.9. The average molecular weight is 371 g/mol. The second kappa shape index (κ2) is 6.96. The number of amides is 2. The Morgan fingerprint density at radius 3 is 2.91 bits per heavy atom. The molecule has 0 aromatic heterocycles. The van der Waals surface area contributed by atoms with Crippen LogP contribution < -0.4 is 5.32 Å². The van der Waals surface area contributed by atoms with Gasteiger partial charge in [0.15, 0.2) is 0 Å². The molecule has 2 amide bonds. The van der Waals surface area contributed by atoms with E-state index in [1.807, 2.05) is 4.90 Å². The van der Waals surface area contributed by atoms with Crippen molar-refractivity contribution in [3.8, 4) is 0 Å². The Balaban J connectivity index is 1.57. The van der Waals surface area contributed by atoms with Gasteiger partial charge in [0.2, 0.25) is 0 Å². The highest BCUT2D eigenvalue weighted by Crippen LogP contribution is 2.29. The molecule has 1 N–H and O–H groups in total. The monoisotopic (exact) mass is 370 g/mol. The molecule has 1 saturated heterocycles. The fourth-order valence-electron chi connectivity index (χ4n) is 2.74. The van der Waals surface area contributed by atoms with Crippen molar-refractivity contribution in [2.45, 2.75) is 31.8 Å². The number of urea groups is 1. The molecule has 0 radical (unpaired) electrons. The summed E-state index contributed by atoms with van der Waals surface area (Å²) in [6.07, 6.45) is 3.13. The van der Waals surface area contributed by atoms with Gasteiger partial charge in [-0.1, -0.05) is 15.9 Å². The minimum absolute atomic E-state index is 0.103. The highest BCUT2D eigenvalue weighted by Gasteiger charge is 2.34. The van der Waals surface area contributed by atoms with E-state index in [1.165, 1.54) is 6.07 Å². The Kier molecular flexibility index (Phi) is 4.98. The quantitative estimate of drug-likeness (QED) is 0.863. The summed E-state index contributed by atoms with van der Waals surface area (Å²) in [4.78, 5) is 14.3. The normalized spacial score (nSPS) is 20.9. The number of rotatable bonds is 5. The van der Waals surface area contributed by atoms with E-state index in [4.69, 9.17) is 4.74 Å². The van der Waals surface area contributed by atoms with E-state index in [0.29, 0.717) is 17.5 Å². The largest absolute Gasteiger partial charge is 0.381 e. The number of carbonyl (C=O) groups excluding carboxylic acids is 1. The van der Waals surface area contributed by atoms with Crippen LogP contribution in [0.4, 0.5) is 9.18 Å². The van der Waals surface area contributed by atoms with Crippen molar-refractivity contribution in [2.75, 3.05) is 19.8 Å². The lowest BCUT2D eigenvalue weighted by Crippen LogP contribution is -2.43. The lowest BCUT2D eigenvalue weighted by atomic mass is 10.1. The summed E-state index contributed by atoms with van der Waals surface area (Å²) in [6, 6.07) is 4.99. The van der Waals surface area contributed by atoms with Crippen LogP contribution in [0, 0.1) is 11.7 Å². The Morgan fingerprint density at radius 1 is 1.41 bits per heavy atom. The molecule has 4 nitrogen and oxygen atoms in total. The van der Waals surface area contributed by atoms with Crippen LogP contribution in [0.25, 0.3) is 0 Å². The van der Waals surface area contributed by atoms with Gasteiger partial charge in [-0.25, -0.2) is 9.18 Å². The molecule has 1 heterocycles. The molecule has 1 atom stereocenters. The van der Waals surface area contributed by atoms with Gasteiger partial charge >= 0.3 is 6.03 Å². The summed E-state index contributed by atoms with van der Waals surface area (Å²) in [5.74, 6) is 0.125. The first kappa shape index (κ1) is 15.7. The third-order valence-electron chi connectivity index (χ3n) is 4.17. The molecule has 2 aliphatic rings. The number of benzene rings is 1. The number of hydrogen-bond acceptors (Lipinski definition) is 2. The molecular weight excluding hydrogens is 351 g/mol. The molecular formula is C16H20BrFN2O2. The zero-order valence-electron chi connectivity index (χ0n) is 12.4. The highest BCUT2D eigenvalue weighted by molar-refractivity contribution is 9.10. The van der Waals surface area contributed by atoms with Crippen LogP contribution in [0.15, 0.2) is 22.7 Å². The van der Waals surface area contributed by atoms with Crippen LogP contribution in [0.2, 0.25) is 0 Å². The van der Waals surface area contributed by atoms with Gasteiger partial charge < -0.3 is 15.0 Å². The summed E-state index contributed by atoms with van der Waals surface area (Å²) >= 11 is 3.32. The molecule has 1 saturated carbocycles. The van der Waals surface area contributed by atoms with Gasteiger partial charge in [-0.3, -0.25) is 0 Å². The smallest absolute Gasteiger partial charge is 0.317 e. The van der Waals surface area contributed by atoms with E-state index in [-0.39, 0.29) is 18.4 Å². The fraction of sp³-hybridized carbons (Fsp3) is 0.562. The van der Waals surface area contributed by atoms with Crippen molar-refractivity contribution in [1.29, 1.82) is 0 Å². The van der Waals surface area contributed by atoms with E-state index in [1.54, 1.807) is 12.1 Å². The van der Waals surface area contributed by atoms with Crippen molar-refractivity contribution < 1.29 is 13.9 Å². The molecule has 6 heteroatoms. The first-order chi connectivity index (χ1) is 10.6. The Hall–Kier alpha value is -1.14. The van der Waals surface area contributed by atoms with Gasteiger partial charge in [0.05, 0.1) is 6.61 Å². The van der Waals surface area contributed by atoms with Gasteiger partial charge in [0, 0.05) is 41.7 Å². The first-order valence-corrected chi connectivity index (χ1v) is 8.49. The third-order valence-corrected chi connectivity index (χ3v) is 4.66. The Bertz CT molecular complexity index is 545. The molecule has 1 aromatic carbocycles. The van der Waals surface area contributed by atoms with E-state index in [2.05, 4.69) is 21.2 Å². The van der Waals surface area contributed by atoms with E-state index in [0.717, 1.165) is 43.5 Å². The first-order valence-electron chi connectivity index (χ1n) is 7.69.